The molecule has 0 radical (unpaired) electrons. The number of allylic oxidation sites excluding steroid dienone is 1. The highest BCUT2D eigenvalue weighted by molar-refractivity contribution is 9.09. The molecule has 0 unspecified atom stereocenters. The standard InChI is InChI=1S/C5H7BrO2/c1-2-4(3-6)5(7)8/h2H,3H2,1H3,(H,7,8). The highest BCUT2D eigenvalue weighted by Crippen LogP contribution is 1.97. The first-order chi connectivity index (χ1) is 3.72. The molecule has 0 heterocycles. The summed E-state index contributed by atoms with van der Waals surface area (Å²) in [5.74, 6) is -0.857. The van der Waals surface area contributed by atoms with Gasteiger partial charge in [-0.3, -0.25) is 0 Å². The molecule has 0 fully saturated rings. The molecule has 2 nitrogen and oxygen atoms in total. The molecule has 0 aliphatic rings. The third kappa shape index (κ3) is 2.12. The molecule has 8 heavy (non-hydrogen) atoms. The van der Waals surface area contributed by atoms with Crippen LogP contribution in [0.5, 0.6) is 0 Å². The van der Waals surface area contributed by atoms with Crippen LogP contribution in [0.15, 0.2) is 11.6 Å². The number of hydrogen-bond acceptors (Lipinski definition) is 1. The fourth-order valence-corrected chi connectivity index (χ4v) is 0.821. The summed E-state index contributed by atoms with van der Waals surface area (Å²) in [5, 5.41) is 8.69. The lowest BCUT2D eigenvalue weighted by Crippen LogP contribution is -2.00. The topological polar surface area (TPSA) is 37.3 Å². The van der Waals surface area contributed by atoms with Crippen molar-refractivity contribution in [2.45, 2.75) is 6.92 Å². The minimum absolute atomic E-state index is 0.394. The van der Waals surface area contributed by atoms with Gasteiger partial charge in [0.25, 0.3) is 0 Å². The van der Waals surface area contributed by atoms with Gasteiger partial charge in [0.1, 0.15) is 0 Å². The molecule has 0 saturated heterocycles. The van der Waals surface area contributed by atoms with Gasteiger partial charge >= 0.3 is 5.97 Å². The van der Waals surface area contributed by atoms with Crippen molar-refractivity contribution in [3.63, 3.8) is 0 Å². The van der Waals surface area contributed by atoms with Crippen molar-refractivity contribution in [3.8, 4) is 0 Å². The molecule has 0 aliphatic heterocycles. The van der Waals surface area contributed by atoms with Gasteiger partial charge in [0, 0.05) is 10.9 Å². The number of aliphatic carboxylic acids is 1. The third-order valence-electron chi connectivity index (χ3n) is 0.767. The molecule has 0 aromatic heterocycles. The Bertz CT molecular complexity index is 118. The predicted molar refractivity (Wildman–Crippen MR) is 35.2 cm³/mol. The van der Waals surface area contributed by atoms with Crippen molar-refractivity contribution in [3.05, 3.63) is 11.6 Å². The van der Waals surface area contributed by atoms with Crippen LogP contribution in [-0.2, 0) is 4.79 Å². The summed E-state index contributed by atoms with van der Waals surface area (Å²) in [4.78, 5) is 10.1. The van der Waals surface area contributed by atoms with E-state index in [4.69, 9.17) is 5.11 Å². The molecule has 0 atom stereocenters. The van der Waals surface area contributed by atoms with Crippen LogP contribution in [0.2, 0.25) is 0 Å². The van der Waals surface area contributed by atoms with Gasteiger partial charge in [0.05, 0.1) is 0 Å². The maximum atomic E-state index is 10.1. The quantitative estimate of drug-likeness (QED) is 0.514. The summed E-state index contributed by atoms with van der Waals surface area (Å²) < 4.78 is 0. The van der Waals surface area contributed by atoms with Crippen LogP contribution in [0.1, 0.15) is 6.92 Å². The molecular weight excluding hydrogens is 172 g/mol. The van der Waals surface area contributed by atoms with E-state index >= 15 is 0 Å². The highest BCUT2D eigenvalue weighted by Gasteiger charge is 2.00. The number of hydrogen-bond donors (Lipinski definition) is 1. The monoisotopic (exact) mass is 178 g/mol. The second-order valence-corrected chi connectivity index (χ2v) is 1.81. The van der Waals surface area contributed by atoms with Crippen molar-refractivity contribution in [2.75, 3.05) is 5.33 Å². The van der Waals surface area contributed by atoms with Crippen LogP contribution < -0.4 is 0 Å². The first kappa shape index (κ1) is 7.69. The number of rotatable bonds is 2. The second-order valence-electron chi connectivity index (χ2n) is 1.25. The van der Waals surface area contributed by atoms with Crippen LogP contribution in [0.4, 0.5) is 0 Å². The molecule has 0 rings (SSSR count). The van der Waals surface area contributed by atoms with Crippen molar-refractivity contribution in [1.82, 2.24) is 0 Å². The summed E-state index contributed by atoms with van der Waals surface area (Å²) in [6, 6.07) is 0. The summed E-state index contributed by atoms with van der Waals surface area (Å²) in [7, 11) is 0. The smallest absolute Gasteiger partial charge is 0.332 e. The Hall–Kier alpha value is -0.310. The van der Waals surface area contributed by atoms with Crippen LogP contribution in [-0.4, -0.2) is 16.4 Å². The third-order valence-corrected chi connectivity index (χ3v) is 1.37. The van der Waals surface area contributed by atoms with Gasteiger partial charge in [0.15, 0.2) is 0 Å². The molecule has 0 aromatic rings. The first-order valence-electron chi connectivity index (χ1n) is 2.16. The van der Waals surface area contributed by atoms with Crippen LogP contribution >= 0.6 is 15.9 Å². The Morgan fingerprint density at radius 2 is 2.38 bits per heavy atom. The van der Waals surface area contributed by atoms with Gasteiger partial charge < -0.3 is 5.11 Å². The highest BCUT2D eigenvalue weighted by atomic mass is 79.9. The van der Waals surface area contributed by atoms with E-state index in [1.807, 2.05) is 0 Å². The van der Waals surface area contributed by atoms with Gasteiger partial charge in [0.2, 0.25) is 0 Å². The van der Waals surface area contributed by atoms with E-state index in [0.29, 0.717) is 10.9 Å². The second kappa shape index (κ2) is 3.66. The lowest BCUT2D eigenvalue weighted by atomic mass is 10.3. The lowest BCUT2D eigenvalue weighted by molar-refractivity contribution is -0.132. The molecule has 0 aromatic carbocycles. The van der Waals surface area contributed by atoms with Crippen molar-refractivity contribution in [1.29, 1.82) is 0 Å². The molecule has 3 heteroatoms. The predicted octanol–water partition coefficient (Wildman–Crippen LogP) is 1.41. The summed E-state index contributed by atoms with van der Waals surface area (Å²) in [6.45, 7) is 1.70. The van der Waals surface area contributed by atoms with Gasteiger partial charge in [-0.2, -0.15) is 0 Å². The Morgan fingerprint density at radius 1 is 1.88 bits per heavy atom. The van der Waals surface area contributed by atoms with E-state index in [1.165, 1.54) is 0 Å². The van der Waals surface area contributed by atoms with E-state index in [1.54, 1.807) is 13.0 Å². The van der Waals surface area contributed by atoms with Crippen molar-refractivity contribution < 1.29 is 9.90 Å². The molecule has 0 amide bonds. The molecule has 0 aliphatic carbocycles. The minimum Gasteiger partial charge on any atom is -0.478 e. The summed E-state index contributed by atoms with van der Waals surface area (Å²) in [5.41, 5.74) is 0.394. The van der Waals surface area contributed by atoms with E-state index < -0.39 is 5.97 Å². The largest absolute Gasteiger partial charge is 0.478 e. The van der Waals surface area contributed by atoms with E-state index in [-0.39, 0.29) is 0 Å². The van der Waals surface area contributed by atoms with Gasteiger partial charge in [-0.25, -0.2) is 4.79 Å². The average molecular weight is 179 g/mol. The van der Waals surface area contributed by atoms with Crippen molar-refractivity contribution in [2.24, 2.45) is 0 Å². The molecule has 0 spiro atoms. The van der Waals surface area contributed by atoms with Gasteiger partial charge in [-0.1, -0.05) is 22.0 Å². The Kier molecular flexibility index (Phi) is 3.52. The molecule has 1 N–H and O–H groups in total. The van der Waals surface area contributed by atoms with Crippen LogP contribution in [0.3, 0.4) is 0 Å². The normalized spacial score (nSPS) is 11.5. The van der Waals surface area contributed by atoms with E-state index in [0.717, 1.165) is 0 Å². The number of carboxylic acid groups (broad SMARTS) is 1. The maximum absolute atomic E-state index is 10.1. The molecular formula is C5H7BrO2. The summed E-state index contributed by atoms with van der Waals surface area (Å²) >= 11 is 3.03. The Labute approximate surface area is 56.3 Å². The number of alkyl halides is 1. The minimum atomic E-state index is -0.857. The van der Waals surface area contributed by atoms with Gasteiger partial charge in [-0.15, -0.1) is 0 Å². The maximum Gasteiger partial charge on any atom is 0.332 e. The lowest BCUT2D eigenvalue weighted by Gasteiger charge is -1.89. The zero-order valence-corrected chi connectivity index (χ0v) is 6.10. The van der Waals surface area contributed by atoms with Crippen LogP contribution in [0, 0.1) is 0 Å². The zero-order valence-electron chi connectivity index (χ0n) is 4.52. The number of carboxylic acids is 1. The Balaban J connectivity index is 3.92. The SMILES string of the molecule is CC=C(CBr)C(=O)O. The first-order valence-corrected chi connectivity index (χ1v) is 3.29. The molecule has 0 bridgehead atoms. The Morgan fingerprint density at radius 3 is 2.38 bits per heavy atom. The van der Waals surface area contributed by atoms with Gasteiger partial charge in [-0.05, 0) is 6.92 Å². The average Bonchev–Trinajstić information content (AvgIpc) is 1.69. The summed E-state index contributed by atoms with van der Waals surface area (Å²) in [6.07, 6.45) is 1.57. The molecule has 0 saturated carbocycles. The van der Waals surface area contributed by atoms with Crippen molar-refractivity contribution >= 4 is 21.9 Å². The fourth-order valence-electron chi connectivity index (χ4n) is 0.258. The van der Waals surface area contributed by atoms with E-state index in [9.17, 15) is 4.79 Å². The van der Waals surface area contributed by atoms with E-state index in [2.05, 4.69) is 15.9 Å². The fraction of sp³-hybridized carbons (Fsp3) is 0.400. The zero-order chi connectivity index (χ0) is 6.57. The number of carbonyl (C=O) groups is 1. The van der Waals surface area contributed by atoms with Crippen LogP contribution in [0.25, 0.3) is 0 Å². The molecule has 46 valence electrons. The number of halogens is 1.